The number of ether oxygens (including phenoxy) is 3. The molecule has 0 heterocycles. The highest BCUT2D eigenvalue weighted by molar-refractivity contribution is 5.78. The molecule has 0 aromatic heterocycles. The van der Waals surface area contributed by atoms with E-state index in [9.17, 15) is 9.18 Å². The van der Waals surface area contributed by atoms with Crippen LogP contribution in [0, 0.1) is 5.82 Å². The number of carbonyl (C=O) groups is 1. The maximum Gasteiger partial charge on any atom is 0.258 e. The molecule has 128 valence electrons. The van der Waals surface area contributed by atoms with Crippen LogP contribution < -0.4 is 19.5 Å². The van der Waals surface area contributed by atoms with Gasteiger partial charge in [0, 0.05) is 11.6 Å². The first kappa shape index (κ1) is 17.6. The van der Waals surface area contributed by atoms with Gasteiger partial charge in [-0.3, -0.25) is 4.79 Å². The first-order valence-corrected chi connectivity index (χ1v) is 7.43. The fraction of sp³-hybridized carbons (Fsp3) is 0.278. The van der Waals surface area contributed by atoms with Gasteiger partial charge in [-0.15, -0.1) is 0 Å². The lowest BCUT2D eigenvalue weighted by molar-refractivity contribution is -0.123. The van der Waals surface area contributed by atoms with Gasteiger partial charge in [-0.05, 0) is 37.3 Å². The summed E-state index contributed by atoms with van der Waals surface area (Å²) in [5.74, 6) is 0.883. The zero-order valence-corrected chi connectivity index (χ0v) is 13.8. The Labute approximate surface area is 140 Å². The number of halogens is 1. The largest absolute Gasteiger partial charge is 0.497 e. The standard InChI is InChI=1S/C18H20FNO4/c1-12(16-10-14(22-2)7-8-17(16)23-3)20-18(21)11-24-15-6-4-5-13(19)9-15/h4-10,12H,11H2,1-3H3,(H,20,21)/t12-/m1/s1. The van der Waals surface area contributed by atoms with E-state index < -0.39 is 5.82 Å². The Morgan fingerprint density at radius 3 is 2.58 bits per heavy atom. The van der Waals surface area contributed by atoms with Gasteiger partial charge in [-0.25, -0.2) is 4.39 Å². The number of methoxy groups -OCH3 is 2. The third-order valence-corrected chi connectivity index (χ3v) is 3.45. The predicted molar refractivity (Wildman–Crippen MR) is 88.0 cm³/mol. The molecular formula is C18H20FNO4. The smallest absolute Gasteiger partial charge is 0.258 e. The Bertz CT molecular complexity index is 705. The lowest BCUT2D eigenvalue weighted by Gasteiger charge is -2.18. The van der Waals surface area contributed by atoms with E-state index in [4.69, 9.17) is 14.2 Å². The van der Waals surface area contributed by atoms with E-state index in [2.05, 4.69) is 5.32 Å². The van der Waals surface area contributed by atoms with Crippen molar-refractivity contribution in [3.05, 3.63) is 53.8 Å². The topological polar surface area (TPSA) is 56.8 Å². The van der Waals surface area contributed by atoms with Crippen LogP contribution in [0.2, 0.25) is 0 Å². The molecule has 0 bridgehead atoms. The number of amides is 1. The summed E-state index contributed by atoms with van der Waals surface area (Å²) in [7, 11) is 3.13. The maximum absolute atomic E-state index is 13.1. The van der Waals surface area contributed by atoms with E-state index in [1.165, 1.54) is 18.2 Å². The molecule has 0 spiro atoms. The van der Waals surface area contributed by atoms with Crippen molar-refractivity contribution in [3.8, 4) is 17.2 Å². The van der Waals surface area contributed by atoms with Gasteiger partial charge in [0.25, 0.3) is 5.91 Å². The summed E-state index contributed by atoms with van der Waals surface area (Å²) in [4.78, 5) is 12.0. The molecule has 0 saturated heterocycles. The molecule has 1 atom stereocenters. The van der Waals surface area contributed by atoms with Crippen molar-refractivity contribution < 1.29 is 23.4 Å². The average Bonchev–Trinajstić information content (AvgIpc) is 2.59. The van der Waals surface area contributed by atoms with E-state index in [0.29, 0.717) is 17.2 Å². The fourth-order valence-electron chi connectivity index (χ4n) is 2.24. The number of benzene rings is 2. The van der Waals surface area contributed by atoms with Gasteiger partial charge in [0.1, 0.15) is 23.1 Å². The summed E-state index contributed by atoms with van der Waals surface area (Å²) >= 11 is 0. The third kappa shape index (κ3) is 4.62. The molecule has 6 heteroatoms. The molecule has 0 aliphatic carbocycles. The van der Waals surface area contributed by atoms with Gasteiger partial charge in [0.2, 0.25) is 0 Å². The van der Waals surface area contributed by atoms with Gasteiger partial charge in [0.05, 0.1) is 20.3 Å². The van der Waals surface area contributed by atoms with Crippen molar-refractivity contribution in [2.75, 3.05) is 20.8 Å². The van der Waals surface area contributed by atoms with Crippen LogP contribution in [0.3, 0.4) is 0 Å². The number of hydrogen-bond acceptors (Lipinski definition) is 4. The fourth-order valence-corrected chi connectivity index (χ4v) is 2.24. The van der Waals surface area contributed by atoms with Gasteiger partial charge in [-0.2, -0.15) is 0 Å². The zero-order valence-electron chi connectivity index (χ0n) is 13.8. The van der Waals surface area contributed by atoms with Crippen LogP contribution in [-0.2, 0) is 4.79 Å². The van der Waals surface area contributed by atoms with Crippen LogP contribution >= 0.6 is 0 Å². The normalized spacial score (nSPS) is 11.5. The van der Waals surface area contributed by atoms with Crippen LogP contribution in [-0.4, -0.2) is 26.7 Å². The van der Waals surface area contributed by atoms with E-state index >= 15 is 0 Å². The monoisotopic (exact) mass is 333 g/mol. The Kier molecular flexibility index (Phi) is 6.01. The van der Waals surface area contributed by atoms with Crippen molar-refractivity contribution in [1.82, 2.24) is 5.32 Å². The highest BCUT2D eigenvalue weighted by Crippen LogP contribution is 2.29. The minimum atomic E-state index is -0.414. The Morgan fingerprint density at radius 1 is 1.12 bits per heavy atom. The summed E-state index contributed by atoms with van der Waals surface area (Å²) in [5, 5.41) is 2.81. The van der Waals surface area contributed by atoms with Crippen molar-refractivity contribution in [2.45, 2.75) is 13.0 Å². The van der Waals surface area contributed by atoms with E-state index in [-0.39, 0.29) is 18.6 Å². The van der Waals surface area contributed by atoms with E-state index in [1.54, 1.807) is 38.5 Å². The number of carbonyl (C=O) groups excluding carboxylic acids is 1. The Hall–Kier alpha value is -2.76. The van der Waals surface area contributed by atoms with Crippen LogP contribution in [0.1, 0.15) is 18.5 Å². The summed E-state index contributed by atoms with van der Waals surface area (Å²) in [6, 6.07) is 10.7. The van der Waals surface area contributed by atoms with Crippen molar-refractivity contribution in [2.24, 2.45) is 0 Å². The molecule has 1 amide bonds. The summed E-state index contributed by atoms with van der Waals surface area (Å²) in [6.07, 6.45) is 0. The van der Waals surface area contributed by atoms with E-state index in [1.807, 2.05) is 6.92 Å². The second kappa shape index (κ2) is 8.19. The molecule has 0 fully saturated rings. The van der Waals surface area contributed by atoms with Crippen LogP contribution in [0.4, 0.5) is 4.39 Å². The third-order valence-electron chi connectivity index (χ3n) is 3.45. The quantitative estimate of drug-likeness (QED) is 0.846. The first-order chi connectivity index (χ1) is 11.5. The average molecular weight is 333 g/mol. The molecule has 24 heavy (non-hydrogen) atoms. The molecule has 2 aromatic carbocycles. The summed E-state index contributed by atoms with van der Waals surface area (Å²) in [5.41, 5.74) is 0.788. The Morgan fingerprint density at radius 2 is 1.92 bits per heavy atom. The van der Waals surface area contributed by atoms with Gasteiger partial charge < -0.3 is 19.5 Å². The maximum atomic E-state index is 13.1. The molecule has 0 aliphatic rings. The molecule has 0 aliphatic heterocycles. The SMILES string of the molecule is COc1ccc(OC)c([C@@H](C)NC(=O)COc2cccc(F)c2)c1. The molecule has 1 N–H and O–H groups in total. The second-order valence-electron chi connectivity index (χ2n) is 5.14. The summed E-state index contributed by atoms with van der Waals surface area (Å²) in [6.45, 7) is 1.62. The number of nitrogens with one attached hydrogen (secondary N) is 1. The minimum Gasteiger partial charge on any atom is -0.497 e. The van der Waals surface area contributed by atoms with Crippen LogP contribution in [0.5, 0.6) is 17.2 Å². The lowest BCUT2D eigenvalue weighted by atomic mass is 10.1. The zero-order chi connectivity index (χ0) is 17.5. The van der Waals surface area contributed by atoms with E-state index in [0.717, 1.165) is 5.56 Å². The highest BCUT2D eigenvalue weighted by Gasteiger charge is 2.15. The number of rotatable bonds is 7. The van der Waals surface area contributed by atoms with Crippen molar-refractivity contribution in [3.63, 3.8) is 0 Å². The molecule has 0 radical (unpaired) electrons. The number of hydrogen-bond donors (Lipinski definition) is 1. The molecule has 2 rings (SSSR count). The Balaban J connectivity index is 1.98. The molecule has 0 saturated carbocycles. The van der Waals surface area contributed by atoms with Crippen molar-refractivity contribution in [1.29, 1.82) is 0 Å². The molecule has 0 unspecified atom stereocenters. The first-order valence-electron chi connectivity index (χ1n) is 7.43. The van der Waals surface area contributed by atoms with Gasteiger partial charge in [-0.1, -0.05) is 6.07 Å². The highest BCUT2D eigenvalue weighted by atomic mass is 19.1. The second-order valence-corrected chi connectivity index (χ2v) is 5.14. The summed E-state index contributed by atoms with van der Waals surface area (Å²) < 4.78 is 28.9. The van der Waals surface area contributed by atoms with Crippen LogP contribution in [0.15, 0.2) is 42.5 Å². The minimum absolute atomic E-state index is 0.208. The van der Waals surface area contributed by atoms with Gasteiger partial charge in [0.15, 0.2) is 6.61 Å². The van der Waals surface area contributed by atoms with Crippen LogP contribution in [0.25, 0.3) is 0 Å². The van der Waals surface area contributed by atoms with Crippen molar-refractivity contribution >= 4 is 5.91 Å². The molecular weight excluding hydrogens is 313 g/mol. The molecule has 2 aromatic rings. The molecule has 5 nitrogen and oxygen atoms in total. The predicted octanol–water partition coefficient (Wildman–Crippen LogP) is 3.10. The van der Waals surface area contributed by atoms with Gasteiger partial charge >= 0.3 is 0 Å². The lowest BCUT2D eigenvalue weighted by Crippen LogP contribution is -2.31.